The van der Waals surface area contributed by atoms with Crippen LogP contribution >= 0.6 is 0 Å². The molecule has 0 aliphatic carbocycles. The Balaban J connectivity index is 2.71. The molecule has 0 radical (unpaired) electrons. The predicted molar refractivity (Wildman–Crippen MR) is 70.4 cm³/mol. The van der Waals surface area contributed by atoms with E-state index in [2.05, 4.69) is 5.32 Å². The molecule has 102 valence electrons. The number of halogens is 1. The summed E-state index contributed by atoms with van der Waals surface area (Å²) < 4.78 is 41.1. The zero-order valence-corrected chi connectivity index (χ0v) is 11.6. The maximum Gasteiger partial charge on any atom is 0.167 e. The third-order valence-electron chi connectivity index (χ3n) is 2.51. The fourth-order valence-corrected chi connectivity index (χ4v) is 2.66. The molecule has 1 N–H and O–H groups in total. The molecule has 1 aromatic rings. The minimum atomic E-state index is -3.04. The molecule has 4 nitrogen and oxygen atoms in total. The molecule has 0 heterocycles. The second kappa shape index (κ2) is 6.04. The van der Waals surface area contributed by atoms with E-state index in [1.807, 2.05) is 0 Å². The highest BCUT2D eigenvalue weighted by molar-refractivity contribution is 7.91. The van der Waals surface area contributed by atoms with Crippen LogP contribution < -0.4 is 10.1 Å². The molecule has 0 amide bonds. The average Bonchev–Trinajstić information content (AvgIpc) is 2.28. The lowest BCUT2D eigenvalue weighted by atomic mass is 10.2. The first kappa shape index (κ1) is 14.8. The van der Waals surface area contributed by atoms with Gasteiger partial charge in [-0.2, -0.15) is 0 Å². The van der Waals surface area contributed by atoms with Gasteiger partial charge >= 0.3 is 0 Å². The molecule has 1 aromatic carbocycles. The molecule has 0 bridgehead atoms. The summed E-state index contributed by atoms with van der Waals surface area (Å²) in [6.45, 7) is 3.35. The van der Waals surface area contributed by atoms with Crippen molar-refractivity contribution in [1.82, 2.24) is 0 Å². The van der Waals surface area contributed by atoms with E-state index >= 15 is 0 Å². The van der Waals surface area contributed by atoms with Gasteiger partial charge in [0.05, 0.1) is 12.9 Å². The lowest BCUT2D eigenvalue weighted by molar-refractivity contribution is 0.386. The second-order valence-corrected chi connectivity index (χ2v) is 6.49. The van der Waals surface area contributed by atoms with Crippen molar-refractivity contribution in [2.75, 3.05) is 23.9 Å². The number of sulfone groups is 1. The molecule has 1 rings (SSSR count). The lowest BCUT2D eigenvalue weighted by Gasteiger charge is -2.15. The van der Waals surface area contributed by atoms with Crippen molar-refractivity contribution in [3.63, 3.8) is 0 Å². The SMILES string of the molecule is CCS(=O)(=O)CC(C)Nc1ccc(OC)c(F)c1. The van der Waals surface area contributed by atoms with E-state index in [-0.39, 0.29) is 23.3 Å². The van der Waals surface area contributed by atoms with Gasteiger partial charge in [-0.15, -0.1) is 0 Å². The Bertz CT molecular complexity index is 502. The van der Waals surface area contributed by atoms with E-state index in [9.17, 15) is 12.8 Å². The molecule has 0 spiro atoms. The summed E-state index contributed by atoms with van der Waals surface area (Å²) in [6.07, 6.45) is 0. The van der Waals surface area contributed by atoms with E-state index in [4.69, 9.17) is 4.74 Å². The van der Waals surface area contributed by atoms with Crippen LogP contribution in [0.25, 0.3) is 0 Å². The van der Waals surface area contributed by atoms with Gasteiger partial charge in [0.1, 0.15) is 0 Å². The molecule has 18 heavy (non-hydrogen) atoms. The maximum absolute atomic E-state index is 13.4. The fraction of sp³-hybridized carbons (Fsp3) is 0.500. The number of hydrogen-bond acceptors (Lipinski definition) is 4. The number of rotatable bonds is 6. The van der Waals surface area contributed by atoms with E-state index in [1.54, 1.807) is 19.9 Å². The summed E-state index contributed by atoms with van der Waals surface area (Å²) >= 11 is 0. The van der Waals surface area contributed by atoms with E-state index < -0.39 is 15.7 Å². The van der Waals surface area contributed by atoms with Gasteiger partial charge in [0.2, 0.25) is 0 Å². The Morgan fingerprint density at radius 1 is 1.44 bits per heavy atom. The molecule has 0 saturated heterocycles. The Labute approximate surface area is 107 Å². The fourth-order valence-electron chi connectivity index (χ4n) is 1.58. The molecule has 6 heteroatoms. The zero-order chi connectivity index (χ0) is 13.8. The van der Waals surface area contributed by atoms with Gasteiger partial charge in [-0.1, -0.05) is 6.92 Å². The average molecular weight is 275 g/mol. The molecule has 0 aliphatic heterocycles. The van der Waals surface area contributed by atoms with Gasteiger partial charge in [0.25, 0.3) is 0 Å². The highest BCUT2D eigenvalue weighted by Crippen LogP contribution is 2.21. The van der Waals surface area contributed by atoms with Crippen LogP contribution in [0.15, 0.2) is 18.2 Å². The van der Waals surface area contributed by atoms with Gasteiger partial charge < -0.3 is 10.1 Å². The maximum atomic E-state index is 13.4. The van der Waals surface area contributed by atoms with E-state index in [1.165, 1.54) is 19.2 Å². The first-order valence-corrected chi connectivity index (χ1v) is 7.50. The quantitative estimate of drug-likeness (QED) is 0.863. The van der Waals surface area contributed by atoms with Crippen molar-refractivity contribution >= 4 is 15.5 Å². The monoisotopic (exact) mass is 275 g/mol. The first-order chi connectivity index (χ1) is 8.38. The van der Waals surface area contributed by atoms with Crippen LogP contribution in [0.3, 0.4) is 0 Å². The van der Waals surface area contributed by atoms with Crippen LogP contribution in [0.1, 0.15) is 13.8 Å². The normalized spacial score (nSPS) is 13.1. The lowest BCUT2D eigenvalue weighted by Crippen LogP contribution is -2.26. The summed E-state index contributed by atoms with van der Waals surface area (Å²) in [6, 6.07) is 4.16. The highest BCUT2D eigenvalue weighted by Gasteiger charge is 2.14. The summed E-state index contributed by atoms with van der Waals surface area (Å²) in [5, 5.41) is 2.95. The summed E-state index contributed by atoms with van der Waals surface area (Å²) in [4.78, 5) is 0. The van der Waals surface area contributed by atoms with Crippen molar-refractivity contribution < 1.29 is 17.5 Å². The second-order valence-electron chi connectivity index (χ2n) is 4.09. The van der Waals surface area contributed by atoms with Crippen molar-refractivity contribution in [3.05, 3.63) is 24.0 Å². The van der Waals surface area contributed by atoms with Crippen LogP contribution in [-0.2, 0) is 9.84 Å². The number of methoxy groups -OCH3 is 1. The molecule has 1 unspecified atom stereocenters. The number of anilines is 1. The number of benzene rings is 1. The Morgan fingerprint density at radius 3 is 2.61 bits per heavy atom. The van der Waals surface area contributed by atoms with Crippen molar-refractivity contribution in [3.8, 4) is 5.75 Å². The largest absolute Gasteiger partial charge is 0.494 e. The van der Waals surface area contributed by atoms with Crippen molar-refractivity contribution in [2.45, 2.75) is 19.9 Å². The third kappa shape index (κ3) is 4.18. The smallest absolute Gasteiger partial charge is 0.167 e. The molecule has 1 atom stereocenters. The summed E-state index contributed by atoms with van der Waals surface area (Å²) in [7, 11) is -1.65. The van der Waals surface area contributed by atoms with Gasteiger partial charge in [-0.25, -0.2) is 12.8 Å². The van der Waals surface area contributed by atoms with Gasteiger partial charge in [0, 0.05) is 23.5 Å². The van der Waals surface area contributed by atoms with Crippen molar-refractivity contribution in [2.24, 2.45) is 0 Å². The Hall–Kier alpha value is -1.30. The first-order valence-electron chi connectivity index (χ1n) is 5.68. The topological polar surface area (TPSA) is 55.4 Å². The number of nitrogens with one attached hydrogen (secondary N) is 1. The Morgan fingerprint density at radius 2 is 2.11 bits per heavy atom. The minimum Gasteiger partial charge on any atom is -0.494 e. The summed E-state index contributed by atoms with van der Waals surface area (Å²) in [5.74, 6) is -0.185. The number of ether oxygens (including phenoxy) is 1. The van der Waals surface area contributed by atoms with Crippen LogP contribution in [0.4, 0.5) is 10.1 Å². The molecule has 0 aromatic heterocycles. The molecular formula is C12H18FNO3S. The van der Waals surface area contributed by atoms with Crippen molar-refractivity contribution in [1.29, 1.82) is 0 Å². The minimum absolute atomic E-state index is 0.0249. The van der Waals surface area contributed by atoms with Crippen LogP contribution in [0.2, 0.25) is 0 Å². The number of hydrogen-bond donors (Lipinski definition) is 1. The van der Waals surface area contributed by atoms with E-state index in [0.717, 1.165) is 0 Å². The van der Waals surface area contributed by atoms with E-state index in [0.29, 0.717) is 5.69 Å². The van der Waals surface area contributed by atoms with Gasteiger partial charge in [-0.3, -0.25) is 0 Å². The van der Waals surface area contributed by atoms with Gasteiger partial charge in [-0.05, 0) is 19.1 Å². The zero-order valence-electron chi connectivity index (χ0n) is 10.7. The Kier molecular flexibility index (Phi) is 4.95. The van der Waals surface area contributed by atoms with Gasteiger partial charge in [0.15, 0.2) is 21.4 Å². The molecule has 0 aliphatic rings. The highest BCUT2D eigenvalue weighted by atomic mass is 32.2. The molecule has 0 saturated carbocycles. The summed E-state index contributed by atoms with van der Waals surface area (Å²) in [5.41, 5.74) is 0.534. The standard InChI is InChI=1S/C12H18FNO3S/c1-4-18(15,16)8-9(2)14-10-5-6-12(17-3)11(13)7-10/h5-7,9,14H,4,8H2,1-3H3. The predicted octanol–water partition coefficient (Wildman–Crippen LogP) is 2.07. The van der Waals surface area contributed by atoms with Crippen LogP contribution in [-0.4, -0.2) is 33.1 Å². The molecular weight excluding hydrogens is 257 g/mol. The molecule has 0 fully saturated rings. The third-order valence-corrected chi connectivity index (χ3v) is 4.40. The van der Waals surface area contributed by atoms with Crippen LogP contribution in [0.5, 0.6) is 5.75 Å². The van der Waals surface area contributed by atoms with Crippen LogP contribution in [0, 0.1) is 5.82 Å².